The second-order valence-corrected chi connectivity index (χ2v) is 5.73. The van der Waals surface area contributed by atoms with Crippen LogP contribution >= 0.6 is 0 Å². The normalized spacial score (nSPS) is 10.3. The summed E-state index contributed by atoms with van der Waals surface area (Å²) in [6, 6.07) is 23.1. The van der Waals surface area contributed by atoms with Crippen molar-refractivity contribution in [1.29, 1.82) is 0 Å². The zero-order chi connectivity index (χ0) is 15.0. The predicted octanol–water partition coefficient (Wildman–Crippen LogP) is 0.773. The molecule has 116 valence electrons. The average Bonchev–Trinajstić information content (AvgIpc) is 2.48. The fourth-order valence-electron chi connectivity index (χ4n) is 2.12. The summed E-state index contributed by atoms with van der Waals surface area (Å²) in [5, 5.41) is 0. The number of quaternary nitrogens is 1. The number of benzene rings is 2. The number of hydrogen-bond acceptors (Lipinski definition) is 2. The lowest BCUT2D eigenvalue weighted by molar-refractivity contribution is -0.902. The molecule has 0 amide bonds. The van der Waals surface area contributed by atoms with E-state index in [0.717, 1.165) is 29.8 Å². The molecule has 0 atom stereocenters. The summed E-state index contributed by atoms with van der Waals surface area (Å²) in [5.41, 5.74) is 2.24. The average molecular weight is 360 g/mol. The van der Waals surface area contributed by atoms with Gasteiger partial charge in [-0.05, 0) is 12.1 Å². The summed E-state index contributed by atoms with van der Waals surface area (Å²) >= 11 is 0. The largest absolute Gasteiger partial charge is 1.00 e. The number of para-hydroxylation sites is 1. The summed E-state index contributed by atoms with van der Waals surface area (Å²) in [6.45, 7) is 2.70. The van der Waals surface area contributed by atoms with Crippen LogP contribution in [0.1, 0.15) is 5.56 Å². The Bertz CT molecular complexity index is 603. The Morgan fingerprint density at radius 1 is 0.909 bits per heavy atom. The van der Waals surface area contributed by atoms with E-state index in [1.165, 1.54) is 5.56 Å². The Morgan fingerprint density at radius 3 is 2.14 bits per heavy atom. The molecule has 0 spiro atoms. The van der Waals surface area contributed by atoms with Crippen molar-refractivity contribution < 1.29 is 21.5 Å². The highest BCUT2D eigenvalue weighted by Crippen LogP contribution is 2.09. The van der Waals surface area contributed by atoms with Gasteiger partial charge in [0, 0.05) is 5.56 Å². The van der Waals surface area contributed by atoms with Crippen LogP contribution in [0.2, 0.25) is 0 Å². The highest BCUT2D eigenvalue weighted by atomic mass is 79.9. The third-order valence-corrected chi connectivity index (χ3v) is 3.28. The smallest absolute Gasteiger partial charge is 0.104 e. The maximum Gasteiger partial charge on any atom is 0.104 e. The first-order valence-electron chi connectivity index (χ1n) is 7.19. The number of hydrogen-bond donors (Lipinski definition) is 0. The molecule has 3 nitrogen and oxygen atoms in total. The van der Waals surface area contributed by atoms with Gasteiger partial charge in [0.1, 0.15) is 6.54 Å². The number of halogens is 1. The van der Waals surface area contributed by atoms with Crippen LogP contribution in [0, 0.1) is 0 Å². The molecule has 0 aliphatic rings. The van der Waals surface area contributed by atoms with Crippen molar-refractivity contribution in [3.05, 3.63) is 66.2 Å². The molecule has 0 heterocycles. The van der Waals surface area contributed by atoms with Gasteiger partial charge in [0.25, 0.3) is 0 Å². The van der Waals surface area contributed by atoms with Crippen LogP contribution in [0.3, 0.4) is 0 Å². The standard InChI is InChI=1S/C18H22N3.BrH/c1-21(2,15-17-9-5-3-6-10-17)14-13-19-16-20-18-11-7-4-8-12-18;/h3-12H,13-15H2,1-2H3;1H/q+1;/p-1. The van der Waals surface area contributed by atoms with Crippen LogP contribution in [-0.2, 0) is 6.54 Å². The van der Waals surface area contributed by atoms with Gasteiger partial charge in [0.05, 0.1) is 38.9 Å². The third-order valence-electron chi connectivity index (χ3n) is 3.28. The molecule has 2 aromatic rings. The SMILES string of the molecule is C[N+](C)(CCN=C=Nc1ccccc1)Cc1ccccc1.[Br-]. The molecule has 2 aromatic carbocycles. The lowest BCUT2D eigenvalue weighted by Crippen LogP contribution is -3.00. The van der Waals surface area contributed by atoms with Gasteiger partial charge in [0.15, 0.2) is 0 Å². The van der Waals surface area contributed by atoms with Gasteiger partial charge in [0.2, 0.25) is 0 Å². The van der Waals surface area contributed by atoms with Crippen LogP contribution < -0.4 is 17.0 Å². The number of aliphatic imine (C=N–C) groups is 2. The Balaban J connectivity index is 0.00000242. The number of nitrogens with zero attached hydrogens (tertiary/aromatic N) is 3. The van der Waals surface area contributed by atoms with Gasteiger partial charge < -0.3 is 21.5 Å². The van der Waals surface area contributed by atoms with E-state index in [9.17, 15) is 0 Å². The van der Waals surface area contributed by atoms with E-state index < -0.39 is 0 Å². The molecular weight excluding hydrogens is 338 g/mol. The Hall–Kier alpha value is -1.74. The summed E-state index contributed by atoms with van der Waals surface area (Å²) in [6.07, 6.45) is 0. The lowest BCUT2D eigenvalue weighted by Gasteiger charge is -2.29. The molecule has 0 aliphatic heterocycles. The monoisotopic (exact) mass is 359 g/mol. The minimum atomic E-state index is 0. The molecule has 0 radical (unpaired) electrons. The minimum absolute atomic E-state index is 0. The summed E-state index contributed by atoms with van der Waals surface area (Å²) < 4.78 is 0.903. The van der Waals surface area contributed by atoms with E-state index in [-0.39, 0.29) is 17.0 Å². The van der Waals surface area contributed by atoms with Crippen LogP contribution in [-0.4, -0.2) is 37.7 Å². The van der Waals surface area contributed by atoms with Crippen molar-refractivity contribution in [3.8, 4) is 0 Å². The zero-order valence-corrected chi connectivity index (χ0v) is 14.7. The molecule has 2 rings (SSSR count). The fraction of sp³-hybridized carbons (Fsp3) is 0.278. The molecule has 0 saturated heterocycles. The molecule has 0 fully saturated rings. The summed E-state index contributed by atoms with van der Waals surface area (Å²) in [7, 11) is 4.44. The topological polar surface area (TPSA) is 24.7 Å². The van der Waals surface area contributed by atoms with Crippen molar-refractivity contribution in [2.75, 3.05) is 27.2 Å². The second-order valence-electron chi connectivity index (χ2n) is 5.73. The maximum absolute atomic E-state index is 4.26. The molecule has 4 heteroatoms. The van der Waals surface area contributed by atoms with Gasteiger partial charge in [-0.3, -0.25) is 0 Å². The van der Waals surface area contributed by atoms with Gasteiger partial charge in [-0.25, -0.2) is 4.99 Å². The van der Waals surface area contributed by atoms with Crippen LogP contribution in [0.4, 0.5) is 5.69 Å². The number of likely N-dealkylation sites (N-methyl/N-ethyl adjacent to an activating group) is 1. The first-order valence-corrected chi connectivity index (χ1v) is 7.19. The summed E-state index contributed by atoms with van der Waals surface area (Å²) in [4.78, 5) is 8.45. The Labute approximate surface area is 143 Å². The zero-order valence-electron chi connectivity index (χ0n) is 13.1. The molecule has 0 bridgehead atoms. The molecule has 0 unspecified atom stereocenters. The van der Waals surface area contributed by atoms with Crippen molar-refractivity contribution in [3.63, 3.8) is 0 Å². The second kappa shape index (κ2) is 9.31. The molecule has 0 N–H and O–H groups in total. The van der Waals surface area contributed by atoms with Gasteiger partial charge in [-0.1, -0.05) is 48.5 Å². The third kappa shape index (κ3) is 6.81. The maximum atomic E-state index is 4.26. The van der Waals surface area contributed by atoms with E-state index in [1.54, 1.807) is 0 Å². The van der Waals surface area contributed by atoms with Crippen molar-refractivity contribution >= 4 is 11.7 Å². The molecule has 22 heavy (non-hydrogen) atoms. The highest BCUT2D eigenvalue weighted by Gasteiger charge is 2.14. The van der Waals surface area contributed by atoms with Gasteiger partial charge in [-0.15, -0.1) is 0 Å². The molecular formula is C18H22BrN3. The molecule has 0 saturated carbocycles. The first-order chi connectivity index (χ1) is 10.2. The lowest BCUT2D eigenvalue weighted by atomic mass is 10.2. The van der Waals surface area contributed by atoms with Crippen LogP contribution in [0.15, 0.2) is 70.6 Å². The quantitative estimate of drug-likeness (QED) is 0.537. The van der Waals surface area contributed by atoms with Crippen molar-refractivity contribution in [2.24, 2.45) is 9.98 Å². The van der Waals surface area contributed by atoms with E-state index in [1.807, 2.05) is 36.4 Å². The Kier molecular flexibility index (Phi) is 7.75. The molecule has 0 aromatic heterocycles. The van der Waals surface area contributed by atoms with Gasteiger partial charge >= 0.3 is 0 Å². The highest BCUT2D eigenvalue weighted by molar-refractivity contribution is 5.51. The Morgan fingerprint density at radius 2 is 1.50 bits per heavy atom. The van der Waals surface area contributed by atoms with Crippen molar-refractivity contribution in [1.82, 2.24) is 0 Å². The number of rotatable bonds is 6. The predicted molar refractivity (Wildman–Crippen MR) is 88.0 cm³/mol. The fourth-order valence-corrected chi connectivity index (χ4v) is 2.12. The van der Waals surface area contributed by atoms with Crippen LogP contribution in [0.5, 0.6) is 0 Å². The van der Waals surface area contributed by atoms with E-state index in [4.69, 9.17) is 0 Å². The van der Waals surface area contributed by atoms with E-state index in [2.05, 4.69) is 54.4 Å². The molecule has 0 aliphatic carbocycles. The van der Waals surface area contributed by atoms with E-state index in [0.29, 0.717) is 0 Å². The van der Waals surface area contributed by atoms with Gasteiger partial charge in [-0.2, -0.15) is 4.99 Å². The first kappa shape index (κ1) is 18.3. The van der Waals surface area contributed by atoms with Crippen molar-refractivity contribution in [2.45, 2.75) is 6.54 Å². The van der Waals surface area contributed by atoms with Crippen LogP contribution in [0.25, 0.3) is 0 Å². The van der Waals surface area contributed by atoms with E-state index >= 15 is 0 Å². The summed E-state index contributed by atoms with van der Waals surface area (Å²) in [5.74, 6) is 0. The minimum Gasteiger partial charge on any atom is -1.00 e.